The van der Waals surface area contributed by atoms with E-state index in [1.54, 1.807) is 0 Å². The van der Waals surface area contributed by atoms with Crippen LogP contribution in [0.25, 0.3) is 0 Å². The number of methoxy groups -OCH3 is 1. The predicted molar refractivity (Wildman–Crippen MR) is 70.6 cm³/mol. The fourth-order valence-electron chi connectivity index (χ4n) is 2.12. The van der Waals surface area contributed by atoms with Crippen molar-refractivity contribution in [3.8, 4) is 0 Å². The van der Waals surface area contributed by atoms with Gasteiger partial charge in [0, 0.05) is 13.5 Å². The standard InChI is InChI=1S/C13H17NO4S/c1-8(15)10-9(11(16)17-3)14-12(19-10)13(2)6-4-5-7-18-13/h4-7H2,1-3H3. The molecule has 19 heavy (non-hydrogen) atoms. The number of Topliss-reactive ketones (excluding diaryl/α,β-unsaturated/α-hetero) is 1. The number of nitrogens with zero attached hydrogens (tertiary/aromatic N) is 1. The van der Waals surface area contributed by atoms with E-state index in [2.05, 4.69) is 9.72 Å². The molecular formula is C13H17NO4S. The highest BCUT2D eigenvalue weighted by Gasteiger charge is 2.36. The van der Waals surface area contributed by atoms with Gasteiger partial charge in [0.1, 0.15) is 15.5 Å². The van der Waals surface area contributed by atoms with E-state index in [1.165, 1.54) is 25.4 Å². The van der Waals surface area contributed by atoms with Gasteiger partial charge in [0.2, 0.25) is 0 Å². The van der Waals surface area contributed by atoms with Crippen molar-refractivity contribution >= 4 is 23.1 Å². The third-order valence-corrected chi connectivity index (χ3v) is 4.65. The normalized spacial score (nSPS) is 23.1. The lowest BCUT2D eigenvalue weighted by Crippen LogP contribution is -2.30. The highest BCUT2D eigenvalue weighted by molar-refractivity contribution is 7.14. The highest BCUT2D eigenvalue weighted by Crippen LogP contribution is 2.38. The van der Waals surface area contributed by atoms with Crippen molar-refractivity contribution in [2.75, 3.05) is 13.7 Å². The fraction of sp³-hybridized carbons (Fsp3) is 0.615. The molecule has 0 saturated carbocycles. The van der Waals surface area contributed by atoms with Crippen LogP contribution in [-0.4, -0.2) is 30.5 Å². The molecule has 6 heteroatoms. The molecule has 1 aliphatic heterocycles. The number of hydrogen-bond donors (Lipinski definition) is 0. The summed E-state index contributed by atoms with van der Waals surface area (Å²) in [5, 5.41) is 0.679. The van der Waals surface area contributed by atoms with Crippen LogP contribution in [0.1, 0.15) is 58.3 Å². The second kappa shape index (κ2) is 5.38. The molecule has 1 aromatic rings. The molecule has 0 N–H and O–H groups in total. The first-order valence-corrected chi connectivity index (χ1v) is 7.04. The maximum absolute atomic E-state index is 11.7. The van der Waals surface area contributed by atoms with Crippen molar-refractivity contribution in [3.63, 3.8) is 0 Å². The lowest BCUT2D eigenvalue weighted by molar-refractivity contribution is -0.0702. The lowest BCUT2D eigenvalue weighted by atomic mass is 9.97. The van der Waals surface area contributed by atoms with Crippen LogP contribution in [-0.2, 0) is 15.1 Å². The number of thiazole rings is 1. The van der Waals surface area contributed by atoms with Crippen LogP contribution in [0.4, 0.5) is 0 Å². The Morgan fingerprint density at radius 3 is 2.68 bits per heavy atom. The van der Waals surface area contributed by atoms with Crippen LogP contribution in [0, 0.1) is 0 Å². The predicted octanol–water partition coefficient (Wildman–Crippen LogP) is 2.55. The minimum Gasteiger partial charge on any atom is -0.464 e. The minimum absolute atomic E-state index is 0.102. The van der Waals surface area contributed by atoms with E-state index in [4.69, 9.17) is 4.74 Å². The van der Waals surface area contributed by atoms with Crippen LogP contribution in [0.5, 0.6) is 0 Å². The molecule has 0 amide bonds. The van der Waals surface area contributed by atoms with Crippen LogP contribution in [0.2, 0.25) is 0 Å². The zero-order valence-electron chi connectivity index (χ0n) is 11.3. The fourth-order valence-corrected chi connectivity index (χ4v) is 3.20. The number of carbonyl (C=O) groups excluding carboxylic acids is 2. The summed E-state index contributed by atoms with van der Waals surface area (Å²) in [4.78, 5) is 27.9. The van der Waals surface area contributed by atoms with Gasteiger partial charge in [-0.3, -0.25) is 4.79 Å². The monoisotopic (exact) mass is 283 g/mol. The third-order valence-electron chi connectivity index (χ3n) is 3.25. The topological polar surface area (TPSA) is 65.5 Å². The van der Waals surface area contributed by atoms with Gasteiger partial charge < -0.3 is 9.47 Å². The van der Waals surface area contributed by atoms with Gasteiger partial charge in [-0.05, 0) is 26.2 Å². The Labute approximate surface area is 115 Å². The zero-order valence-corrected chi connectivity index (χ0v) is 12.1. The van der Waals surface area contributed by atoms with E-state index in [1.807, 2.05) is 6.92 Å². The molecule has 1 aliphatic rings. The number of esters is 1. The number of rotatable bonds is 3. The number of ether oxygens (including phenoxy) is 2. The Bertz CT molecular complexity index is 503. The molecule has 0 radical (unpaired) electrons. The van der Waals surface area contributed by atoms with Gasteiger partial charge in [0.15, 0.2) is 11.5 Å². The molecule has 2 rings (SSSR count). The van der Waals surface area contributed by atoms with Crippen LogP contribution in [0.3, 0.4) is 0 Å². The van der Waals surface area contributed by atoms with Crippen molar-refractivity contribution in [1.82, 2.24) is 4.98 Å². The summed E-state index contributed by atoms with van der Waals surface area (Å²) in [7, 11) is 1.28. The highest BCUT2D eigenvalue weighted by atomic mass is 32.1. The number of ketones is 1. The minimum atomic E-state index is -0.577. The number of carbonyl (C=O) groups is 2. The first-order valence-electron chi connectivity index (χ1n) is 6.22. The van der Waals surface area contributed by atoms with E-state index >= 15 is 0 Å². The SMILES string of the molecule is COC(=O)c1nc(C2(C)CCCCO2)sc1C(C)=O. The van der Waals surface area contributed by atoms with Crippen molar-refractivity contribution in [1.29, 1.82) is 0 Å². The van der Waals surface area contributed by atoms with Crippen molar-refractivity contribution in [2.45, 2.75) is 38.7 Å². The van der Waals surface area contributed by atoms with E-state index in [0.29, 0.717) is 16.5 Å². The quantitative estimate of drug-likeness (QED) is 0.630. The van der Waals surface area contributed by atoms with Gasteiger partial charge in [0.05, 0.1) is 7.11 Å². The second-order valence-corrected chi connectivity index (χ2v) is 5.78. The van der Waals surface area contributed by atoms with Crippen LogP contribution in [0.15, 0.2) is 0 Å². The van der Waals surface area contributed by atoms with Crippen molar-refractivity contribution < 1.29 is 19.1 Å². The zero-order chi connectivity index (χ0) is 14.0. The molecule has 0 aromatic carbocycles. The summed E-state index contributed by atoms with van der Waals surface area (Å²) in [5.74, 6) is -0.754. The molecule has 104 valence electrons. The van der Waals surface area contributed by atoms with E-state index in [-0.39, 0.29) is 11.5 Å². The molecule has 0 spiro atoms. The molecule has 1 atom stereocenters. The van der Waals surface area contributed by atoms with Gasteiger partial charge in [0.25, 0.3) is 0 Å². The van der Waals surface area contributed by atoms with Gasteiger partial charge >= 0.3 is 5.97 Å². The summed E-state index contributed by atoms with van der Waals surface area (Å²) < 4.78 is 10.5. The molecule has 1 fully saturated rings. The first-order chi connectivity index (χ1) is 8.98. The summed E-state index contributed by atoms with van der Waals surface area (Å²) >= 11 is 1.23. The second-order valence-electron chi connectivity index (χ2n) is 4.78. The van der Waals surface area contributed by atoms with Gasteiger partial charge in [-0.25, -0.2) is 9.78 Å². The maximum Gasteiger partial charge on any atom is 0.358 e. The molecule has 1 unspecified atom stereocenters. The molecule has 1 aromatic heterocycles. The lowest BCUT2D eigenvalue weighted by Gasteiger charge is -2.31. The van der Waals surface area contributed by atoms with E-state index in [0.717, 1.165) is 19.3 Å². The third kappa shape index (κ3) is 2.69. The van der Waals surface area contributed by atoms with E-state index in [9.17, 15) is 9.59 Å². The number of hydrogen-bond acceptors (Lipinski definition) is 6. The summed E-state index contributed by atoms with van der Waals surface area (Å²) in [6, 6.07) is 0. The van der Waals surface area contributed by atoms with E-state index < -0.39 is 11.6 Å². The Morgan fingerprint density at radius 1 is 1.42 bits per heavy atom. The molecule has 1 saturated heterocycles. The first kappa shape index (κ1) is 14.1. The molecule has 5 nitrogen and oxygen atoms in total. The van der Waals surface area contributed by atoms with Crippen molar-refractivity contribution in [2.24, 2.45) is 0 Å². The number of aromatic nitrogens is 1. The Kier molecular flexibility index (Phi) is 4.01. The largest absolute Gasteiger partial charge is 0.464 e. The van der Waals surface area contributed by atoms with Gasteiger partial charge in [-0.15, -0.1) is 11.3 Å². The summed E-state index contributed by atoms with van der Waals surface area (Å²) in [5.41, 5.74) is -0.398. The average Bonchev–Trinajstić information content (AvgIpc) is 2.84. The average molecular weight is 283 g/mol. The van der Waals surface area contributed by atoms with Gasteiger partial charge in [-0.1, -0.05) is 0 Å². The summed E-state index contributed by atoms with van der Waals surface area (Å²) in [6.45, 7) is 4.06. The smallest absolute Gasteiger partial charge is 0.358 e. The summed E-state index contributed by atoms with van der Waals surface area (Å²) in [6.07, 6.45) is 2.93. The molecular weight excluding hydrogens is 266 g/mol. The van der Waals surface area contributed by atoms with Crippen LogP contribution >= 0.6 is 11.3 Å². The van der Waals surface area contributed by atoms with Crippen LogP contribution < -0.4 is 0 Å². The Hall–Kier alpha value is -1.27. The molecule has 2 heterocycles. The molecule has 0 aliphatic carbocycles. The Morgan fingerprint density at radius 2 is 2.16 bits per heavy atom. The van der Waals surface area contributed by atoms with Crippen molar-refractivity contribution in [3.05, 3.63) is 15.6 Å². The molecule has 0 bridgehead atoms. The Balaban J connectivity index is 2.42. The maximum atomic E-state index is 11.7. The van der Waals surface area contributed by atoms with Gasteiger partial charge in [-0.2, -0.15) is 0 Å².